The normalized spacial score (nSPS) is 14.2. The Hall–Kier alpha value is -1.38. The molecule has 0 rings (SSSR count). The largest absolute Gasteiger partial charge is 0.472 e. The molecule has 0 aromatic rings. The smallest absolute Gasteiger partial charge is 0.462 e. The first-order valence-electron chi connectivity index (χ1n) is 11.7. The molecule has 0 radical (unpaired) electrons. The minimum absolute atomic E-state index is 0.0266. The van der Waals surface area contributed by atoms with E-state index in [1.807, 2.05) is 34.5 Å². The zero-order valence-corrected chi connectivity index (χ0v) is 21.7. The van der Waals surface area contributed by atoms with Crippen molar-refractivity contribution in [2.45, 2.75) is 70.8 Å². The van der Waals surface area contributed by atoms with Gasteiger partial charge in [0.2, 0.25) is 0 Å². The molecular weight excluding hydrogens is 449 g/mol. The average molecular weight is 494 g/mol. The third-order valence-electron chi connectivity index (χ3n) is 4.54. The van der Waals surface area contributed by atoms with Crippen LogP contribution in [0.1, 0.15) is 64.7 Å². The van der Waals surface area contributed by atoms with E-state index in [1.165, 1.54) is 0 Å². The fraction of sp³-hybridized carbons (Fsp3) is 0.783. The Morgan fingerprint density at radius 3 is 2.33 bits per heavy atom. The lowest BCUT2D eigenvalue weighted by Gasteiger charge is -2.24. The second-order valence-electron chi connectivity index (χ2n) is 8.93. The van der Waals surface area contributed by atoms with Crippen LogP contribution in [-0.2, 0) is 32.7 Å². The number of phosphoric acid groups is 1. The van der Waals surface area contributed by atoms with E-state index in [0.29, 0.717) is 23.9 Å². The fourth-order valence-corrected chi connectivity index (χ4v) is 3.39. The number of nitrogens with zero attached hydrogens (tertiary/aromatic N) is 1. The fourth-order valence-electron chi connectivity index (χ4n) is 2.65. The first-order valence-corrected chi connectivity index (χ1v) is 13.2. The van der Waals surface area contributed by atoms with Gasteiger partial charge >= 0.3 is 19.8 Å². The van der Waals surface area contributed by atoms with E-state index in [4.69, 9.17) is 18.5 Å². The first kappa shape index (κ1) is 31.6. The third-order valence-corrected chi connectivity index (χ3v) is 5.53. The number of allylic oxidation sites excluding steroid dienone is 1. The van der Waals surface area contributed by atoms with Gasteiger partial charge in [0, 0.05) is 12.8 Å². The van der Waals surface area contributed by atoms with Gasteiger partial charge in [-0.15, -0.1) is 6.42 Å². The lowest BCUT2D eigenvalue weighted by molar-refractivity contribution is -0.870. The minimum atomic E-state index is -4.33. The monoisotopic (exact) mass is 493 g/mol. The highest BCUT2D eigenvalue weighted by Crippen LogP contribution is 2.43. The van der Waals surface area contributed by atoms with E-state index >= 15 is 0 Å². The maximum atomic E-state index is 12.2. The van der Waals surface area contributed by atoms with Gasteiger partial charge in [0.05, 0.1) is 27.7 Å². The van der Waals surface area contributed by atoms with Crippen LogP contribution in [0.5, 0.6) is 0 Å². The van der Waals surface area contributed by atoms with Gasteiger partial charge in [0.25, 0.3) is 0 Å². The van der Waals surface area contributed by atoms with Gasteiger partial charge < -0.3 is 18.9 Å². The van der Waals surface area contributed by atoms with Crippen molar-refractivity contribution in [1.82, 2.24) is 0 Å². The summed E-state index contributed by atoms with van der Waals surface area (Å²) in [6.07, 6.45) is 9.72. The number of esters is 2. The standard InChI is InChI=1S/C23H44NO8P/c1-6-8-9-10-11-12-13-14-16-23(26)32-21(19-29-22(25)15-7-2)20-31-33(27,28)30-18-17-24(3,4)5/h6,8,21H,1,7,9-20H2,2-5H3,(H,27,28)/t21-/m0/s1. The Kier molecular flexibility index (Phi) is 17.3. The summed E-state index contributed by atoms with van der Waals surface area (Å²) < 4.78 is 33.1. The van der Waals surface area contributed by atoms with Crippen molar-refractivity contribution in [3.05, 3.63) is 19.1 Å². The molecule has 0 spiro atoms. The minimum Gasteiger partial charge on any atom is -0.462 e. The summed E-state index contributed by atoms with van der Waals surface area (Å²) in [5.74, 6) is -0.896. The maximum absolute atomic E-state index is 12.2. The molecular formula is C23H44NO8P. The summed E-state index contributed by atoms with van der Waals surface area (Å²) in [7, 11) is 1.45. The van der Waals surface area contributed by atoms with Gasteiger partial charge in [-0.05, 0) is 12.8 Å². The molecule has 194 valence electrons. The molecule has 0 aromatic heterocycles. The maximum Gasteiger partial charge on any atom is 0.472 e. The average Bonchev–Trinajstić information content (AvgIpc) is 2.71. The van der Waals surface area contributed by atoms with Crippen molar-refractivity contribution in [3.8, 4) is 0 Å². The molecule has 33 heavy (non-hydrogen) atoms. The summed E-state index contributed by atoms with van der Waals surface area (Å²) in [6, 6.07) is 0. The van der Waals surface area contributed by atoms with Gasteiger partial charge in [-0.3, -0.25) is 18.6 Å². The van der Waals surface area contributed by atoms with E-state index in [1.54, 1.807) is 6.08 Å². The van der Waals surface area contributed by atoms with E-state index in [-0.39, 0.29) is 26.1 Å². The molecule has 0 fully saturated rings. The molecule has 2 atom stereocenters. The summed E-state index contributed by atoms with van der Waals surface area (Å²) in [5.41, 5.74) is 0. The number of likely N-dealkylation sites (N-methyl/N-ethyl adjacent to an activating group) is 1. The van der Waals surface area contributed by atoms with Crippen molar-refractivity contribution in [1.29, 1.82) is 0 Å². The topological polar surface area (TPSA) is 108 Å². The first-order chi connectivity index (χ1) is 15.5. The zero-order chi connectivity index (χ0) is 25.2. The summed E-state index contributed by atoms with van der Waals surface area (Å²) in [5, 5.41) is 0. The Bertz CT molecular complexity index is 606. The van der Waals surface area contributed by atoms with Gasteiger partial charge in [0.15, 0.2) is 6.10 Å². The van der Waals surface area contributed by atoms with Crippen LogP contribution >= 0.6 is 7.82 Å². The highest BCUT2D eigenvalue weighted by atomic mass is 31.2. The van der Waals surface area contributed by atoms with Gasteiger partial charge in [0.1, 0.15) is 19.8 Å². The number of ether oxygens (including phenoxy) is 2. The second-order valence-corrected chi connectivity index (χ2v) is 10.4. The molecule has 10 heteroatoms. The van der Waals surface area contributed by atoms with Gasteiger partial charge in [-0.25, -0.2) is 23.6 Å². The van der Waals surface area contributed by atoms with E-state index in [0.717, 1.165) is 32.1 Å². The van der Waals surface area contributed by atoms with Crippen LogP contribution in [0.3, 0.4) is 0 Å². The summed E-state index contributed by atoms with van der Waals surface area (Å²) >= 11 is 0. The molecule has 0 aromatic carbocycles. The highest BCUT2D eigenvalue weighted by Gasteiger charge is 2.26. The van der Waals surface area contributed by atoms with E-state index in [9.17, 15) is 19.0 Å². The van der Waals surface area contributed by atoms with Crippen LogP contribution < -0.4 is 0 Å². The highest BCUT2D eigenvalue weighted by molar-refractivity contribution is 7.47. The van der Waals surface area contributed by atoms with Crippen LogP contribution in [0.2, 0.25) is 0 Å². The summed E-state index contributed by atoms with van der Waals surface area (Å²) in [6.45, 7) is 5.37. The van der Waals surface area contributed by atoms with Crippen molar-refractivity contribution < 1.29 is 42.1 Å². The van der Waals surface area contributed by atoms with Crippen LogP contribution in [0.25, 0.3) is 0 Å². The molecule has 1 unspecified atom stereocenters. The molecule has 0 aliphatic rings. The number of carbonyl (C=O) groups is 2. The van der Waals surface area contributed by atoms with E-state index < -0.39 is 32.5 Å². The molecule has 0 saturated carbocycles. The van der Waals surface area contributed by atoms with Crippen LogP contribution in [-0.4, -0.2) is 74.9 Å². The van der Waals surface area contributed by atoms with Crippen LogP contribution in [0.15, 0.2) is 12.7 Å². The predicted octanol–water partition coefficient (Wildman–Crippen LogP) is 4.20. The lowest BCUT2D eigenvalue weighted by atomic mass is 10.1. The number of unbranched alkanes of at least 4 members (excludes halogenated alkanes) is 6. The van der Waals surface area contributed by atoms with Crippen molar-refractivity contribution in [3.63, 3.8) is 0 Å². The quantitative estimate of drug-likeness (QED) is 0.0833. The molecule has 0 aliphatic heterocycles. The van der Waals surface area contributed by atoms with Crippen molar-refractivity contribution >= 4 is 19.8 Å². The number of hydrogen-bond acceptors (Lipinski definition) is 7. The lowest BCUT2D eigenvalue weighted by Crippen LogP contribution is -2.37. The molecule has 1 N–H and O–H groups in total. The Labute approximate surface area is 199 Å². The molecule has 0 aliphatic carbocycles. The zero-order valence-electron chi connectivity index (χ0n) is 20.8. The molecule has 0 heterocycles. The predicted molar refractivity (Wildman–Crippen MR) is 127 cm³/mol. The van der Waals surface area contributed by atoms with Crippen LogP contribution in [0.4, 0.5) is 0 Å². The molecule has 0 bridgehead atoms. The molecule has 9 nitrogen and oxygen atoms in total. The van der Waals surface area contributed by atoms with Crippen molar-refractivity contribution in [2.24, 2.45) is 0 Å². The number of phosphoric ester groups is 1. The Morgan fingerprint density at radius 2 is 1.70 bits per heavy atom. The Morgan fingerprint density at radius 1 is 1.03 bits per heavy atom. The van der Waals surface area contributed by atoms with E-state index in [2.05, 4.69) is 6.58 Å². The van der Waals surface area contributed by atoms with Crippen LogP contribution in [0, 0.1) is 6.42 Å². The van der Waals surface area contributed by atoms with Gasteiger partial charge in [-0.1, -0.05) is 32.6 Å². The number of carbonyl (C=O) groups excluding carboxylic acids is 2. The van der Waals surface area contributed by atoms with Crippen molar-refractivity contribution in [2.75, 3.05) is 47.5 Å². The number of hydrogen-bond donors (Lipinski definition) is 1. The molecule has 0 saturated heterocycles. The SMILES string of the molecule is C=C[CH-]CCCCCCCC(=O)O[C@@H](COC(=O)CCC)COP(=O)(O)OCC[N+](C)(C)C. The molecule has 0 amide bonds. The second kappa shape index (κ2) is 18.0. The summed E-state index contributed by atoms with van der Waals surface area (Å²) in [4.78, 5) is 33.8. The number of quaternary nitrogens is 1. The third kappa shape index (κ3) is 20.9. The number of rotatable bonds is 21. The van der Waals surface area contributed by atoms with Gasteiger partial charge in [-0.2, -0.15) is 0 Å². The Balaban J connectivity index is 4.48.